The fraction of sp³-hybridized carbons (Fsp3) is 0.316. The summed E-state index contributed by atoms with van der Waals surface area (Å²) >= 11 is 5.91. The lowest BCUT2D eigenvalue weighted by atomic mass is 10.2. The summed E-state index contributed by atoms with van der Waals surface area (Å²) in [5.41, 5.74) is 0.356. The molecule has 2 aromatic carbocycles. The van der Waals surface area contributed by atoms with E-state index < -0.39 is 10.0 Å². The summed E-state index contributed by atoms with van der Waals surface area (Å²) in [6.45, 7) is 3.47. The Bertz CT molecular complexity index is 868. The number of carbonyl (C=O) groups excluding carboxylic acids is 1. The molecular formula is C19H23ClN2O4S. The van der Waals surface area contributed by atoms with E-state index in [2.05, 4.69) is 5.32 Å². The number of carbonyl (C=O) groups is 1. The molecule has 6 nitrogen and oxygen atoms in total. The Balaban J connectivity index is 2.40. The minimum Gasteiger partial charge on any atom is -0.497 e. The number of hydrogen-bond acceptors (Lipinski definition) is 4. The number of hydrogen-bond donors (Lipinski definition) is 1. The Morgan fingerprint density at radius 3 is 2.26 bits per heavy atom. The van der Waals surface area contributed by atoms with Crippen molar-refractivity contribution in [2.24, 2.45) is 0 Å². The third kappa shape index (κ3) is 5.37. The van der Waals surface area contributed by atoms with Gasteiger partial charge in [-0.3, -0.25) is 9.10 Å². The first-order valence-corrected chi connectivity index (χ1v) is 10.3. The molecule has 2 rings (SSSR count). The maximum Gasteiger partial charge on any atom is 0.264 e. The number of benzene rings is 2. The van der Waals surface area contributed by atoms with Gasteiger partial charge in [0.1, 0.15) is 12.3 Å². The summed E-state index contributed by atoms with van der Waals surface area (Å²) in [6.07, 6.45) is 0.748. The number of sulfonamides is 1. The number of nitrogens with zero attached hydrogens (tertiary/aromatic N) is 1. The lowest BCUT2D eigenvalue weighted by Gasteiger charge is -2.25. The van der Waals surface area contributed by atoms with Gasteiger partial charge in [0, 0.05) is 11.1 Å². The van der Waals surface area contributed by atoms with Gasteiger partial charge in [-0.2, -0.15) is 0 Å². The molecule has 0 spiro atoms. The number of amides is 1. The van der Waals surface area contributed by atoms with E-state index in [4.69, 9.17) is 16.3 Å². The number of halogens is 1. The summed E-state index contributed by atoms with van der Waals surface area (Å²) in [6, 6.07) is 12.3. The second-order valence-electron chi connectivity index (χ2n) is 6.04. The van der Waals surface area contributed by atoms with E-state index in [1.807, 2.05) is 13.8 Å². The smallest absolute Gasteiger partial charge is 0.264 e. The zero-order valence-corrected chi connectivity index (χ0v) is 17.0. The van der Waals surface area contributed by atoms with Crippen molar-refractivity contribution in [1.82, 2.24) is 5.32 Å². The molecule has 1 unspecified atom stereocenters. The van der Waals surface area contributed by atoms with Crippen molar-refractivity contribution >= 4 is 33.2 Å². The molecule has 1 atom stereocenters. The molecule has 1 N–H and O–H groups in total. The highest BCUT2D eigenvalue weighted by atomic mass is 35.5. The third-order valence-electron chi connectivity index (χ3n) is 4.07. The lowest BCUT2D eigenvalue weighted by Crippen LogP contribution is -2.43. The van der Waals surface area contributed by atoms with Gasteiger partial charge in [-0.15, -0.1) is 0 Å². The van der Waals surface area contributed by atoms with Crippen molar-refractivity contribution in [3.05, 3.63) is 53.6 Å². The van der Waals surface area contributed by atoms with Gasteiger partial charge in [0.25, 0.3) is 10.0 Å². The number of ether oxygens (including phenoxy) is 1. The van der Waals surface area contributed by atoms with E-state index in [0.29, 0.717) is 16.5 Å². The summed E-state index contributed by atoms with van der Waals surface area (Å²) in [5.74, 6) is 0.165. The molecule has 0 aromatic heterocycles. The summed E-state index contributed by atoms with van der Waals surface area (Å²) < 4.78 is 32.5. The van der Waals surface area contributed by atoms with Crippen LogP contribution in [0.2, 0.25) is 5.02 Å². The normalized spacial score (nSPS) is 12.3. The average Bonchev–Trinajstić information content (AvgIpc) is 2.66. The van der Waals surface area contributed by atoms with E-state index in [1.54, 1.807) is 36.4 Å². The van der Waals surface area contributed by atoms with Gasteiger partial charge >= 0.3 is 0 Å². The molecule has 0 saturated heterocycles. The number of methoxy groups -OCH3 is 1. The molecule has 0 radical (unpaired) electrons. The van der Waals surface area contributed by atoms with Crippen molar-refractivity contribution in [3.8, 4) is 5.75 Å². The van der Waals surface area contributed by atoms with Gasteiger partial charge in [-0.1, -0.05) is 18.5 Å². The van der Waals surface area contributed by atoms with Crippen molar-refractivity contribution in [1.29, 1.82) is 0 Å². The zero-order valence-electron chi connectivity index (χ0n) is 15.5. The van der Waals surface area contributed by atoms with Crippen LogP contribution in [-0.2, 0) is 14.8 Å². The van der Waals surface area contributed by atoms with Gasteiger partial charge < -0.3 is 10.1 Å². The molecule has 27 heavy (non-hydrogen) atoms. The molecule has 2 aromatic rings. The van der Waals surface area contributed by atoms with E-state index in [0.717, 1.165) is 10.7 Å². The Labute approximate surface area is 165 Å². The van der Waals surface area contributed by atoms with Crippen LogP contribution in [0.3, 0.4) is 0 Å². The Hall–Kier alpha value is -2.25. The minimum atomic E-state index is -3.96. The Kier molecular flexibility index (Phi) is 7.10. The first-order chi connectivity index (χ1) is 12.8. The standard InChI is InChI=1S/C19H23ClN2O4S/c1-4-14(2)21-19(23)13-22(16-7-5-15(20)6-8-16)27(24,25)18-11-9-17(26-3)10-12-18/h5-12,14H,4,13H2,1-3H3,(H,21,23). The molecule has 8 heteroatoms. The van der Waals surface area contributed by atoms with Crippen LogP contribution >= 0.6 is 11.6 Å². The SMILES string of the molecule is CCC(C)NC(=O)CN(c1ccc(Cl)cc1)S(=O)(=O)c1ccc(OC)cc1. The van der Waals surface area contributed by atoms with Crippen molar-refractivity contribution in [2.75, 3.05) is 18.0 Å². The average molecular weight is 411 g/mol. The predicted octanol–water partition coefficient (Wildman–Crippen LogP) is 3.46. The molecule has 0 heterocycles. The molecule has 1 amide bonds. The molecule has 0 fully saturated rings. The fourth-order valence-corrected chi connectivity index (χ4v) is 3.90. The van der Waals surface area contributed by atoms with Gasteiger partial charge in [0.05, 0.1) is 17.7 Å². The van der Waals surface area contributed by atoms with Crippen LogP contribution in [0.4, 0.5) is 5.69 Å². The minimum absolute atomic E-state index is 0.0479. The zero-order chi connectivity index (χ0) is 20.0. The second-order valence-corrected chi connectivity index (χ2v) is 8.34. The number of rotatable bonds is 8. The molecule has 146 valence electrons. The highest BCUT2D eigenvalue weighted by Crippen LogP contribution is 2.26. The molecular weight excluding hydrogens is 388 g/mol. The fourth-order valence-electron chi connectivity index (χ4n) is 2.35. The molecule has 0 aliphatic heterocycles. The van der Waals surface area contributed by atoms with Crippen LogP contribution in [0.15, 0.2) is 53.4 Å². The first kappa shape index (κ1) is 21.1. The highest BCUT2D eigenvalue weighted by Gasteiger charge is 2.27. The summed E-state index contributed by atoms with van der Waals surface area (Å²) in [7, 11) is -2.45. The molecule has 0 aliphatic carbocycles. The van der Waals surface area contributed by atoms with Crippen LogP contribution in [-0.4, -0.2) is 34.0 Å². The number of nitrogens with one attached hydrogen (secondary N) is 1. The van der Waals surface area contributed by atoms with Crippen molar-refractivity contribution in [2.45, 2.75) is 31.2 Å². The van der Waals surface area contributed by atoms with E-state index >= 15 is 0 Å². The van der Waals surface area contributed by atoms with Gasteiger partial charge in [-0.25, -0.2) is 8.42 Å². The molecule has 0 saturated carbocycles. The van der Waals surface area contributed by atoms with Gasteiger partial charge in [0.2, 0.25) is 5.91 Å². The molecule has 0 aliphatic rings. The van der Waals surface area contributed by atoms with Crippen LogP contribution in [0, 0.1) is 0 Å². The Morgan fingerprint density at radius 1 is 1.15 bits per heavy atom. The summed E-state index contributed by atoms with van der Waals surface area (Å²) in [4.78, 5) is 12.4. The monoisotopic (exact) mass is 410 g/mol. The van der Waals surface area contributed by atoms with E-state index in [-0.39, 0.29) is 23.4 Å². The maximum atomic E-state index is 13.2. The van der Waals surface area contributed by atoms with Crippen LogP contribution in [0.1, 0.15) is 20.3 Å². The summed E-state index contributed by atoms with van der Waals surface area (Å²) in [5, 5.41) is 3.27. The lowest BCUT2D eigenvalue weighted by molar-refractivity contribution is -0.120. The second kappa shape index (κ2) is 9.10. The molecule has 0 bridgehead atoms. The van der Waals surface area contributed by atoms with E-state index in [1.165, 1.54) is 19.2 Å². The predicted molar refractivity (Wildman–Crippen MR) is 107 cm³/mol. The maximum absolute atomic E-state index is 13.2. The first-order valence-electron chi connectivity index (χ1n) is 8.49. The number of anilines is 1. The van der Waals surface area contributed by atoms with Crippen molar-refractivity contribution < 1.29 is 17.9 Å². The van der Waals surface area contributed by atoms with Crippen molar-refractivity contribution in [3.63, 3.8) is 0 Å². The largest absolute Gasteiger partial charge is 0.497 e. The van der Waals surface area contributed by atoms with Gasteiger partial charge in [-0.05, 0) is 61.9 Å². The van der Waals surface area contributed by atoms with Crippen LogP contribution in [0.5, 0.6) is 5.75 Å². The van der Waals surface area contributed by atoms with Crippen LogP contribution < -0.4 is 14.4 Å². The topological polar surface area (TPSA) is 75.7 Å². The van der Waals surface area contributed by atoms with Crippen LogP contribution in [0.25, 0.3) is 0 Å². The quantitative estimate of drug-likeness (QED) is 0.723. The van der Waals surface area contributed by atoms with E-state index in [9.17, 15) is 13.2 Å². The van der Waals surface area contributed by atoms with Gasteiger partial charge in [0.15, 0.2) is 0 Å². The third-order valence-corrected chi connectivity index (χ3v) is 6.11. The Morgan fingerprint density at radius 2 is 1.74 bits per heavy atom. The highest BCUT2D eigenvalue weighted by molar-refractivity contribution is 7.92.